The molecule has 0 aliphatic heterocycles. The summed E-state index contributed by atoms with van der Waals surface area (Å²) < 4.78 is 2.19. The van der Waals surface area contributed by atoms with Crippen molar-refractivity contribution in [2.24, 2.45) is 0 Å². The molecule has 0 aliphatic carbocycles. The van der Waals surface area contributed by atoms with Crippen LogP contribution < -0.4 is 4.90 Å². The predicted molar refractivity (Wildman–Crippen MR) is 76.1 cm³/mol. The summed E-state index contributed by atoms with van der Waals surface area (Å²) >= 11 is 8.69. The summed E-state index contributed by atoms with van der Waals surface area (Å²) in [5.74, 6) is 0. The van der Waals surface area contributed by atoms with Crippen LogP contribution >= 0.6 is 43.2 Å². The summed E-state index contributed by atoms with van der Waals surface area (Å²) in [6, 6.07) is 4.15. The highest BCUT2D eigenvalue weighted by atomic mass is 79.9. The van der Waals surface area contributed by atoms with Crippen molar-refractivity contribution in [3.63, 3.8) is 0 Å². The minimum Gasteiger partial charge on any atom is -0.369 e. The van der Waals surface area contributed by atoms with Crippen molar-refractivity contribution in [2.75, 3.05) is 11.9 Å². The fourth-order valence-corrected chi connectivity index (χ4v) is 3.22. The zero-order valence-electron chi connectivity index (χ0n) is 8.65. The normalized spacial score (nSPS) is 10.4. The first-order chi connectivity index (χ1) is 7.66. The topological polar surface area (TPSA) is 16.1 Å². The first-order valence-electron chi connectivity index (χ1n) is 4.70. The number of hydrogen-bond donors (Lipinski definition) is 0. The van der Waals surface area contributed by atoms with Crippen molar-refractivity contribution in [1.82, 2.24) is 4.98 Å². The van der Waals surface area contributed by atoms with Gasteiger partial charge in [0.15, 0.2) is 0 Å². The Morgan fingerprint density at radius 3 is 2.88 bits per heavy atom. The molecule has 0 bridgehead atoms. The third-order valence-corrected chi connectivity index (χ3v) is 4.37. The summed E-state index contributed by atoms with van der Waals surface area (Å²) in [7, 11) is 2.08. The van der Waals surface area contributed by atoms with Crippen LogP contribution in [0.15, 0.2) is 38.2 Å². The monoisotopic (exact) mass is 360 g/mol. The van der Waals surface area contributed by atoms with Gasteiger partial charge in [-0.2, -0.15) is 0 Å². The molecule has 0 radical (unpaired) electrons. The number of thiophene rings is 1. The molecule has 2 rings (SSSR count). The molecule has 0 saturated carbocycles. The summed E-state index contributed by atoms with van der Waals surface area (Å²) in [5.41, 5.74) is 2.46. The van der Waals surface area contributed by atoms with Crippen LogP contribution in [0.3, 0.4) is 0 Å². The third kappa shape index (κ3) is 2.84. The number of halogens is 2. The molecule has 16 heavy (non-hydrogen) atoms. The van der Waals surface area contributed by atoms with Crippen molar-refractivity contribution in [2.45, 2.75) is 6.54 Å². The number of anilines is 1. The molecule has 0 spiro atoms. The quantitative estimate of drug-likeness (QED) is 0.809. The maximum atomic E-state index is 4.06. The number of nitrogens with zero attached hydrogens (tertiary/aromatic N) is 2. The second-order valence-electron chi connectivity index (χ2n) is 3.44. The lowest BCUT2D eigenvalue weighted by Crippen LogP contribution is -2.16. The minimum absolute atomic E-state index is 0.894. The largest absolute Gasteiger partial charge is 0.369 e. The summed E-state index contributed by atoms with van der Waals surface area (Å²) in [6.45, 7) is 0.894. The standard InChI is InChI=1S/C11H10Br2N2S/c1-15(6-8-4-11(13)16-7-8)10-2-3-14-5-9(10)12/h2-5,7H,6H2,1H3. The zero-order valence-corrected chi connectivity index (χ0v) is 12.6. The van der Waals surface area contributed by atoms with Crippen LogP contribution in [0.1, 0.15) is 5.56 Å². The Morgan fingerprint density at radius 1 is 1.44 bits per heavy atom. The summed E-state index contributed by atoms with van der Waals surface area (Å²) in [5, 5.41) is 2.16. The van der Waals surface area contributed by atoms with Crippen molar-refractivity contribution < 1.29 is 0 Å². The lowest BCUT2D eigenvalue weighted by atomic mass is 10.3. The fraction of sp³-hybridized carbons (Fsp3) is 0.182. The number of rotatable bonds is 3. The van der Waals surface area contributed by atoms with Gasteiger partial charge < -0.3 is 4.90 Å². The molecular weight excluding hydrogens is 352 g/mol. The van der Waals surface area contributed by atoms with E-state index in [4.69, 9.17) is 0 Å². The van der Waals surface area contributed by atoms with Crippen LogP contribution in [0, 0.1) is 0 Å². The molecule has 0 N–H and O–H groups in total. The predicted octanol–water partition coefficient (Wildman–Crippen LogP) is 4.30. The minimum atomic E-state index is 0.894. The Morgan fingerprint density at radius 2 is 2.25 bits per heavy atom. The van der Waals surface area contributed by atoms with E-state index in [1.54, 1.807) is 17.5 Å². The van der Waals surface area contributed by atoms with Gasteiger partial charge in [0.2, 0.25) is 0 Å². The maximum absolute atomic E-state index is 4.06. The molecule has 0 atom stereocenters. The van der Waals surface area contributed by atoms with E-state index in [0.717, 1.165) is 16.7 Å². The second kappa shape index (κ2) is 5.29. The molecule has 0 unspecified atom stereocenters. The fourth-order valence-electron chi connectivity index (χ4n) is 1.47. The Kier molecular flexibility index (Phi) is 4.00. The van der Waals surface area contributed by atoms with E-state index < -0.39 is 0 Å². The van der Waals surface area contributed by atoms with Gasteiger partial charge in [-0.25, -0.2) is 0 Å². The molecule has 0 aliphatic rings. The highest BCUT2D eigenvalue weighted by Gasteiger charge is 2.07. The molecule has 2 aromatic rings. The lowest BCUT2D eigenvalue weighted by molar-refractivity contribution is 0.921. The molecule has 0 saturated heterocycles. The van der Waals surface area contributed by atoms with Crippen molar-refractivity contribution in [1.29, 1.82) is 0 Å². The van der Waals surface area contributed by atoms with Gasteiger partial charge in [-0.15, -0.1) is 11.3 Å². The molecule has 2 heterocycles. The van der Waals surface area contributed by atoms with E-state index in [1.807, 2.05) is 12.3 Å². The number of pyridine rings is 1. The molecule has 84 valence electrons. The van der Waals surface area contributed by atoms with E-state index in [2.05, 4.69) is 60.2 Å². The van der Waals surface area contributed by atoms with E-state index in [1.165, 1.54) is 9.35 Å². The second-order valence-corrected chi connectivity index (χ2v) is 6.59. The average molecular weight is 362 g/mol. The van der Waals surface area contributed by atoms with Crippen LogP contribution in [0.25, 0.3) is 0 Å². The average Bonchev–Trinajstić information content (AvgIpc) is 2.64. The van der Waals surface area contributed by atoms with Crippen LogP contribution in [0.2, 0.25) is 0 Å². The van der Waals surface area contributed by atoms with Crippen molar-refractivity contribution >= 4 is 48.9 Å². The van der Waals surface area contributed by atoms with E-state index >= 15 is 0 Å². The van der Waals surface area contributed by atoms with E-state index in [9.17, 15) is 0 Å². The first-order valence-corrected chi connectivity index (χ1v) is 7.17. The van der Waals surface area contributed by atoms with Gasteiger partial charge in [0.25, 0.3) is 0 Å². The third-order valence-electron chi connectivity index (χ3n) is 2.20. The van der Waals surface area contributed by atoms with Crippen molar-refractivity contribution in [3.05, 3.63) is 43.7 Å². The smallest absolute Gasteiger partial charge is 0.0701 e. The molecule has 5 heteroatoms. The van der Waals surface area contributed by atoms with Gasteiger partial charge in [0.05, 0.1) is 13.9 Å². The van der Waals surface area contributed by atoms with Gasteiger partial charge >= 0.3 is 0 Å². The number of hydrogen-bond acceptors (Lipinski definition) is 3. The summed E-state index contributed by atoms with van der Waals surface area (Å²) in [4.78, 5) is 6.25. The van der Waals surface area contributed by atoms with Gasteiger partial charge in [-0.1, -0.05) is 0 Å². The zero-order chi connectivity index (χ0) is 11.5. The highest BCUT2D eigenvalue weighted by molar-refractivity contribution is 9.11. The lowest BCUT2D eigenvalue weighted by Gasteiger charge is -2.19. The Bertz CT molecular complexity index is 484. The Hall–Kier alpha value is -0.390. The molecule has 0 amide bonds. The van der Waals surface area contributed by atoms with Crippen LogP contribution in [-0.4, -0.2) is 12.0 Å². The van der Waals surface area contributed by atoms with Gasteiger partial charge in [0.1, 0.15) is 0 Å². The van der Waals surface area contributed by atoms with Gasteiger partial charge in [0, 0.05) is 26.0 Å². The maximum Gasteiger partial charge on any atom is 0.0701 e. The van der Waals surface area contributed by atoms with Gasteiger partial charge in [-0.3, -0.25) is 4.98 Å². The van der Waals surface area contributed by atoms with Crippen molar-refractivity contribution in [3.8, 4) is 0 Å². The van der Waals surface area contributed by atoms with E-state index in [0.29, 0.717) is 0 Å². The SMILES string of the molecule is CN(Cc1csc(Br)c1)c1ccncc1Br. The van der Waals surface area contributed by atoms with Crippen LogP contribution in [0.4, 0.5) is 5.69 Å². The molecular formula is C11H10Br2N2S. The van der Waals surface area contributed by atoms with E-state index in [-0.39, 0.29) is 0 Å². The number of aromatic nitrogens is 1. The van der Waals surface area contributed by atoms with Crippen LogP contribution in [0.5, 0.6) is 0 Å². The van der Waals surface area contributed by atoms with Crippen LogP contribution in [-0.2, 0) is 6.54 Å². The molecule has 0 aromatic carbocycles. The highest BCUT2D eigenvalue weighted by Crippen LogP contribution is 2.27. The Balaban J connectivity index is 2.14. The molecule has 2 nitrogen and oxygen atoms in total. The molecule has 0 fully saturated rings. The van der Waals surface area contributed by atoms with Gasteiger partial charge in [-0.05, 0) is 54.9 Å². The Labute approximate surface area is 116 Å². The first kappa shape index (κ1) is 12.1. The summed E-state index contributed by atoms with van der Waals surface area (Å²) in [6.07, 6.45) is 3.62. The molecule has 2 aromatic heterocycles.